The quantitative estimate of drug-likeness (QED) is 0.365. The van der Waals surface area contributed by atoms with E-state index in [1.54, 1.807) is 29.1 Å². The first-order valence-electron chi connectivity index (χ1n) is 5.77. The molecule has 0 bridgehead atoms. The summed E-state index contributed by atoms with van der Waals surface area (Å²) in [7, 11) is 0. The van der Waals surface area contributed by atoms with Gasteiger partial charge in [0.25, 0.3) is 5.69 Å². The van der Waals surface area contributed by atoms with Crippen molar-refractivity contribution in [3.63, 3.8) is 0 Å². The van der Waals surface area contributed by atoms with Crippen molar-refractivity contribution in [2.24, 2.45) is 0 Å². The summed E-state index contributed by atoms with van der Waals surface area (Å²) in [4.78, 5) is 22.0. The van der Waals surface area contributed by atoms with Crippen LogP contribution in [0.15, 0.2) is 48.8 Å². The van der Waals surface area contributed by atoms with Crippen LogP contribution in [0.25, 0.3) is 0 Å². The highest BCUT2D eigenvalue weighted by molar-refractivity contribution is 5.95. The number of non-ortho nitro benzene ring substituents is 1. The van der Waals surface area contributed by atoms with Crippen molar-refractivity contribution in [3.05, 3.63) is 70.0 Å². The van der Waals surface area contributed by atoms with E-state index in [0.717, 1.165) is 0 Å². The normalized spacial score (nSPS) is 9.75. The molecule has 0 N–H and O–H groups in total. The third kappa shape index (κ3) is 3.03. The van der Waals surface area contributed by atoms with Crippen LogP contribution in [-0.2, 0) is 6.54 Å². The zero-order valence-corrected chi connectivity index (χ0v) is 10.4. The number of benzene rings is 1. The van der Waals surface area contributed by atoms with Gasteiger partial charge in [-0.3, -0.25) is 14.9 Å². The summed E-state index contributed by atoms with van der Waals surface area (Å²) in [6.45, 7) is 0.115. The highest BCUT2D eigenvalue weighted by atomic mass is 16.6. The molecule has 6 nitrogen and oxygen atoms in total. The first-order valence-corrected chi connectivity index (χ1v) is 5.77. The summed E-state index contributed by atoms with van der Waals surface area (Å²) >= 11 is 0. The monoisotopic (exact) mass is 268 g/mol. The highest BCUT2D eigenvalue weighted by Crippen LogP contribution is 2.12. The molecule has 0 aliphatic heterocycles. The molecule has 1 heterocycles. The van der Waals surface area contributed by atoms with E-state index in [0.29, 0.717) is 11.1 Å². The Kier molecular flexibility index (Phi) is 3.82. The average Bonchev–Trinajstić information content (AvgIpc) is 2.48. The Bertz CT molecular complexity index is 685. The lowest BCUT2D eigenvalue weighted by atomic mass is 10.1. The summed E-state index contributed by atoms with van der Waals surface area (Å²) in [5.74, 6) is -0.158. The Balaban J connectivity index is 2.11. The number of nitrogens with zero attached hydrogens (tertiary/aromatic N) is 3. The second-order valence-electron chi connectivity index (χ2n) is 4.10. The second kappa shape index (κ2) is 5.71. The number of ketones is 1. The summed E-state index contributed by atoms with van der Waals surface area (Å²) in [6.07, 6.45) is 3.28. The van der Waals surface area contributed by atoms with E-state index in [-0.39, 0.29) is 18.0 Å². The summed E-state index contributed by atoms with van der Waals surface area (Å²) in [5.41, 5.74) is 0.879. The van der Waals surface area contributed by atoms with Gasteiger partial charge in [-0.15, -0.1) is 0 Å². The molecule has 0 aliphatic rings. The number of hydrogen-bond acceptors (Lipinski definition) is 4. The zero-order chi connectivity index (χ0) is 14.5. The fourth-order valence-electron chi connectivity index (χ4n) is 1.66. The molecule has 1 aromatic carbocycles. The summed E-state index contributed by atoms with van der Waals surface area (Å²) in [5, 5.41) is 19.2. The number of Topliss-reactive ketones (excluding diaryl/α,β-unsaturated/α-hetero) is 1. The Labute approximate surface area is 114 Å². The molecule has 2 aromatic rings. The van der Waals surface area contributed by atoms with Crippen molar-refractivity contribution in [2.45, 2.75) is 6.54 Å². The minimum absolute atomic E-state index is 0.0485. The van der Waals surface area contributed by atoms with Crippen LogP contribution in [0.4, 0.5) is 5.69 Å². The SMILES string of the molecule is N#Cc1cc[n+](CC(=O)c2ccc([N+](=O)[O-])cc2)cc1. The molecule has 0 aliphatic carbocycles. The maximum Gasteiger partial charge on any atom is 0.269 e. The summed E-state index contributed by atoms with van der Waals surface area (Å²) in [6, 6.07) is 10.7. The number of hydrogen-bond donors (Lipinski definition) is 0. The third-order valence-corrected chi connectivity index (χ3v) is 2.75. The van der Waals surface area contributed by atoms with Gasteiger partial charge in [-0.05, 0) is 12.1 Å². The van der Waals surface area contributed by atoms with Crippen LogP contribution in [0.1, 0.15) is 15.9 Å². The standard InChI is InChI=1S/C14H10N3O3/c15-9-11-5-7-16(8-6-11)10-14(18)12-1-3-13(4-2-12)17(19)20/h1-8H,10H2/q+1. The lowest BCUT2D eigenvalue weighted by Crippen LogP contribution is -2.37. The van der Waals surface area contributed by atoms with Crippen LogP contribution < -0.4 is 4.57 Å². The Morgan fingerprint density at radius 1 is 1.20 bits per heavy atom. The van der Waals surface area contributed by atoms with E-state index in [1.165, 1.54) is 24.3 Å². The molecule has 0 atom stereocenters. The number of rotatable bonds is 4. The third-order valence-electron chi connectivity index (χ3n) is 2.75. The van der Waals surface area contributed by atoms with Crippen LogP contribution in [0.2, 0.25) is 0 Å². The molecule has 0 unspecified atom stereocenters. The Morgan fingerprint density at radius 2 is 1.80 bits per heavy atom. The number of carbonyl (C=O) groups is 1. The maximum absolute atomic E-state index is 12.0. The topological polar surface area (TPSA) is 87.9 Å². The smallest absolute Gasteiger partial charge is 0.269 e. The predicted molar refractivity (Wildman–Crippen MR) is 68.8 cm³/mol. The molecule has 0 fully saturated rings. The van der Waals surface area contributed by atoms with Gasteiger partial charge in [-0.1, -0.05) is 0 Å². The molecule has 98 valence electrons. The van der Waals surface area contributed by atoms with Gasteiger partial charge >= 0.3 is 0 Å². The molecular weight excluding hydrogens is 258 g/mol. The van der Waals surface area contributed by atoms with Gasteiger partial charge in [0.15, 0.2) is 12.4 Å². The van der Waals surface area contributed by atoms with Crippen molar-refractivity contribution in [2.75, 3.05) is 0 Å². The van der Waals surface area contributed by atoms with Gasteiger partial charge in [-0.2, -0.15) is 9.83 Å². The first kappa shape index (κ1) is 13.4. The van der Waals surface area contributed by atoms with Gasteiger partial charge in [-0.25, -0.2) is 0 Å². The van der Waals surface area contributed by atoms with Crippen molar-refractivity contribution >= 4 is 11.5 Å². The number of pyridine rings is 1. The molecule has 0 radical (unpaired) electrons. The Morgan fingerprint density at radius 3 is 2.30 bits per heavy atom. The van der Waals surface area contributed by atoms with E-state index >= 15 is 0 Å². The lowest BCUT2D eigenvalue weighted by Gasteiger charge is -1.98. The van der Waals surface area contributed by atoms with Gasteiger partial charge in [0, 0.05) is 29.8 Å². The fraction of sp³-hybridized carbons (Fsp3) is 0.0714. The van der Waals surface area contributed by atoms with Crippen LogP contribution in [0.5, 0.6) is 0 Å². The zero-order valence-electron chi connectivity index (χ0n) is 10.4. The molecule has 0 saturated carbocycles. The highest BCUT2D eigenvalue weighted by Gasteiger charge is 2.13. The molecule has 20 heavy (non-hydrogen) atoms. The van der Waals surface area contributed by atoms with Crippen molar-refractivity contribution in [3.8, 4) is 6.07 Å². The van der Waals surface area contributed by atoms with E-state index in [9.17, 15) is 14.9 Å². The van der Waals surface area contributed by atoms with Crippen molar-refractivity contribution < 1.29 is 14.3 Å². The minimum Gasteiger partial charge on any atom is -0.287 e. The summed E-state index contributed by atoms with van der Waals surface area (Å²) < 4.78 is 1.64. The van der Waals surface area contributed by atoms with Gasteiger partial charge < -0.3 is 0 Å². The fourth-order valence-corrected chi connectivity index (χ4v) is 1.66. The van der Waals surface area contributed by atoms with Crippen LogP contribution in [-0.4, -0.2) is 10.7 Å². The largest absolute Gasteiger partial charge is 0.287 e. The van der Waals surface area contributed by atoms with E-state index in [1.807, 2.05) is 6.07 Å². The number of nitro groups is 1. The molecule has 1 aromatic heterocycles. The predicted octanol–water partition coefficient (Wildman–Crippen LogP) is 1.64. The van der Waals surface area contributed by atoms with Crippen molar-refractivity contribution in [1.82, 2.24) is 0 Å². The number of nitro benzene ring substituents is 1. The van der Waals surface area contributed by atoms with Gasteiger partial charge in [0.05, 0.1) is 16.6 Å². The van der Waals surface area contributed by atoms with E-state index < -0.39 is 4.92 Å². The minimum atomic E-state index is -0.510. The van der Waals surface area contributed by atoms with Crippen LogP contribution in [0.3, 0.4) is 0 Å². The lowest BCUT2D eigenvalue weighted by molar-refractivity contribution is -0.683. The average molecular weight is 268 g/mol. The van der Waals surface area contributed by atoms with Crippen molar-refractivity contribution in [1.29, 1.82) is 5.26 Å². The second-order valence-corrected chi connectivity index (χ2v) is 4.10. The van der Waals surface area contributed by atoms with Crippen LogP contribution in [0, 0.1) is 21.4 Å². The molecule has 2 rings (SSSR count). The molecule has 0 saturated heterocycles. The molecule has 0 amide bonds. The van der Waals surface area contributed by atoms with E-state index in [2.05, 4.69) is 0 Å². The van der Waals surface area contributed by atoms with E-state index in [4.69, 9.17) is 5.26 Å². The first-order chi connectivity index (χ1) is 9.60. The Hall–Kier alpha value is -3.07. The maximum atomic E-state index is 12.0. The van der Waals surface area contributed by atoms with Crippen LogP contribution >= 0.6 is 0 Å². The number of aromatic nitrogens is 1. The molecular formula is C14H10N3O3+. The molecule has 6 heteroatoms. The number of carbonyl (C=O) groups excluding carboxylic acids is 1. The molecule has 0 spiro atoms. The van der Waals surface area contributed by atoms with Gasteiger partial charge in [0.1, 0.15) is 0 Å². The van der Waals surface area contributed by atoms with Gasteiger partial charge in [0.2, 0.25) is 12.3 Å². The number of nitriles is 1.